The summed E-state index contributed by atoms with van der Waals surface area (Å²) in [5, 5.41) is 2.55. The number of rotatable bonds is 9. The number of likely N-dealkylation sites (tertiary alicyclic amines) is 2. The molecule has 2 saturated heterocycles. The molecular formula is C34H37Cl2F3N4O. The maximum Gasteiger partial charge on any atom is 0.573 e. The molecule has 2 N–H and O–H groups in total. The van der Waals surface area contributed by atoms with Crippen molar-refractivity contribution in [1.29, 1.82) is 0 Å². The van der Waals surface area contributed by atoms with Gasteiger partial charge in [-0.25, -0.2) is 0 Å². The summed E-state index contributed by atoms with van der Waals surface area (Å²) in [6.07, 6.45) is 1.72. The van der Waals surface area contributed by atoms with E-state index < -0.39 is 6.36 Å². The highest BCUT2D eigenvalue weighted by molar-refractivity contribution is 6.35. The van der Waals surface area contributed by atoms with Crippen LogP contribution >= 0.6 is 23.2 Å². The molecule has 0 aliphatic carbocycles. The lowest BCUT2D eigenvalue weighted by molar-refractivity contribution is -0.274. The predicted octanol–water partition coefficient (Wildman–Crippen LogP) is 8.35. The third kappa shape index (κ3) is 7.05. The van der Waals surface area contributed by atoms with Crippen molar-refractivity contribution in [2.45, 2.75) is 51.7 Å². The van der Waals surface area contributed by atoms with Gasteiger partial charge in [-0.2, -0.15) is 0 Å². The van der Waals surface area contributed by atoms with Gasteiger partial charge >= 0.3 is 6.36 Å². The van der Waals surface area contributed by atoms with Gasteiger partial charge in [-0.15, -0.1) is 13.2 Å². The Balaban J connectivity index is 1.15. The average molecular weight is 646 g/mol. The third-order valence-corrected chi connectivity index (χ3v) is 9.94. The molecule has 0 saturated carbocycles. The lowest BCUT2D eigenvalue weighted by Gasteiger charge is -2.39. The third-order valence-electron chi connectivity index (χ3n) is 9.23. The summed E-state index contributed by atoms with van der Waals surface area (Å²) < 4.78 is 44.4. The molecule has 1 aromatic heterocycles. The molecule has 44 heavy (non-hydrogen) atoms. The summed E-state index contributed by atoms with van der Waals surface area (Å²) in [6, 6.07) is 18.4. The predicted molar refractivity (Wildman–Crippen MR) is 171 cm³/mol. The van der Waals surface area contributed by atoms with Crippen LogP contribution < -0.4 is 10.5 Å². The van der Waals surface area contributed by atoms with Gasteiger partial charge < -0.3 is 15.0 Å². The standard InChI is InChI=1S/C34H37Cl2F3N4O/c35-30-3-1-4-31(36)29(30)21-41-16-11-33(12-17-41)13-18-42(23-33)20-24-5-10-32-27(19-24)28(22-43(32)15-2-14-40)25-6-8-26(9-7-25)44-34(37,38)39/h1,3-10,19,22H,2,11-18,20-21,23,40H2. The highest BCUT2D eigenvalue weighted by atomic mass is 35.5. The molecule has 234 valence electrons. The number of benzene rings is 3. The summed E-state index contributed by atoms with van der Waals surface area (Å²) in [5.41, 5.74) is 11.3. The highest BCUT2D eigenvalue weighted by Gasteiger charge is 2.40. The van der Waals surface area contributed by atoms with E-state index in [1.807, 2.05) is 18.2 Å². The quantitative estimate of drug-likeness (QED) is 0.199. The van der Waals surface area contributed by atoms with Crippen molar-refractivity contribution in [3.05, 3.63) is 88.0 Å². The van der Waals surface area contributed by atoms with Crippen molar-refractivity contribution >= 4 is 34.1 Å². The number of halogens is 5. The molecule has 0 bridgehead atoms. The topological polar surface area (TPSA) is 46.7 Å². The van der Waals surface area contributed by atoms with Crippen LogP contribution in [-0.2, 0) is 19.6 Å². The van der Waals surface area contributed by atoms with Crippen LogP contribution in [0.15, 0.2) is 66.9 Å². The molecule has 3 heterocycles. The van der Waals surface area contributed by atoms with E-state index in [4.69, 9.17) is 28.9 Å². The molecule has 0 radical (unpaired) electrons. The Morgan fingerprint density at radius 1 is 0.864 bits per heavy atom. The first-order chi connectivity index (χ1) is 21.1. The molecule has 2 aliphatic heterocycles. The van der Waals surface area contributed by atoms with Crippen LogP contribution in [0.2, 0.25) is 10.0 Å². The molecular weight excluding hydrogens is 608 g/mol. The maximum atomic E-state index is 12.7. The Labute approximate surface area is 266 Å². The zero-order valence-corrected chi connectivity index (χ0v) is 26.1. The molecule has 1 spiro atoms. The lowest BCUT2D eigenvalue weighted by Crippen LogP contribution is -2.41. The first kappa shape index (κ1) is 31.2. The molecule has 2 fully saturated rings. The summed E-state index contributed by atoms with van der Waals surface area (Å²) in [5.74, 6) is -0.227. The van der Waals surface area contributed by atoms with Crippen molar-refractivity contribution in [2.75, 3.05) is 32.7 Å². The van der Waals surface area contributed by atoms with Gasteiger partial charge in [0.1, 0.15) is 5.75 Å². The average Bonchev–Trinajstić information content (AvgIpc) is 3.55. The lowest BCUT2D eigenvalue weighted by atomic mass is 9.77. The second kappa shape index (κ2) is 12.9. The minimum atomic E-state index is -4.72. The largest absolute Gasteiger partial charge is 0.573 e. The molecule has 6 rings (SSSR count). The molecule has 3 aromatic carbocycles. The van der Waals surface area contributed by atoms with Gasteiger partial charge in [0.05, 0.1) is 0 Å². The van der Waals surface area contributed by atoms with E-state index in [1.165, 1.54) is 24.1 Å². The van der Waals surface area contributed by atoms with E-state index >= 15 is 0 Å². The van der Waals surface area contributed by atoms with Crippen LogP contribution in [0.5, 0.6) is 5.75 Å². The maximum absolute atomic E-state index is 12.7. The van der Waals surface area contributed by atoms with Crippen LogP contribution in [0, 0.1) is 5.41 Å². The van der Waals surface area contributed by atoms with Crippen molar-refractivity contribution < 1.29 is 17.9 Å². The Hall–Kier alpha value is -2.75. The number of aromatic nitrogens is 1. The molecule has 4 aromatic rings. The second-order valence-electron chi connectivity index (χ2n) is 12.2. The van der Waals surface area contributed by atoms with Crippen LogP contribution in [0.3, 0.4) is 0 Å². The van der Waals surface area contributed by atoms with Crippen LogP contribution in [0.25, 0.3) is 22.0 Å². The Morgan fingerprint density at radius 2 is 1.55 bits per heavy atom. The fraction of sp³-hybridized carbons (Fsp3) is 0.412. The fourth-order valence-corrected chi connectivity index (χ4v) is 7.39. The van der Waals surface area contributed by atoms with E-state index in [-0.39, 0.29) is 5.75 Å². The number of ether oxygens (including phenoxy) is 1. The van der Waals surface area contributed by atoms with Gasteiger partial charge in [0, 0.05) is 64.5 Å². The van der Waals surface area contributed by atoms with Crippen LogP contribution in [-0.4, -0.2) is 53.5 Å². The summed E-state index contributed by atoms with van der Waals surface area (Å²) in [7, 11) is 0. The molecule has 5 nitrogen and oxygen atoms in total. The summed E-state index contributed by atoms with van der Waals surface area (Å²) in [4.78, 5) is 5.03. The Bertz CT molecular complexity index is 1580. The van der Waals surface area contributed by atoms with Gasteiger partial charge in [0.2, 0.25) is 0 Å². The molecule has 10 heteroatoms. The van der Waals surface area contributed by atoms with Gasteiger partial charge in [-0.05, 0) is 105 Å². The van der Waals surface area contributed by atoms with E-state index in [0.29, 0.717) is 12.0 Å². The molecule has 0 atom stereocenters. The number of hydrogen-bond acceptors (Lipinski definition) is 4. The fourth-order valence-electron chi connectivity index (χ4n) is 6.88. The summed E-state index contributed by atoms with van der Waals surface area (Å²) in [6.45, 7) is 7.22. The van der Waals surface area contributed by atoms with E-state index in [2.05, 4.69) is 43.5 Å². The highest BCUT2D eigenvalue weighted by Crippen LogP contribution is 2.42. The first-order valence-corrected chi connectivity index (χ1v) is 15.9. The Kier molecular flexibility index (Phi) is 9.18. The van der Waals surface area contributed by atoms with Crippen molar-refractivity contribution in [3.63, 3.8) is 0 Å². The van der Waals surface area contributed by atoms with E-state index in [1.54, 1.807) is 12.1 Å². The van der Waals surface area contributed by atoms with Crippen LogP contribution in [0.1, 0.15) is 36.8 Å². The number of fused-ring (bicyclic) bond motifs is 1. The smallest absolute Gasteiger partial charge is 0.406 e. The number of hydrogen-bond donors (Lipinski definition) is 1. The van der Waals surface area contributed by atoms with Crippen molar-refractivity contribution in [1.82, 2.24) is 14.4 Å². The van der Waals surface area contributed by atoms with Gasteiger partial charge in [-0.1, -0.05) is 47.5 Å². The van der Waals surface area contributed by atoms with Crippen molar-refractivity contribution in [3.8, 4) is 16.9 Å². The van der Waals surface area contributed by atoms with E-state index in [0.717, 1.165) is 103 Å². The zero-order chi connectivity index (χ0) is 30.9. The van der Waals surface area contributed by atoms with Gasteiger partial charge in [-0.3, -0.25) is 9.80 Å². The van der Waals surface area contributed by atoms with Gasteiger partial charge in [0.15, 0.2) is 0 Å². The molecule has 0 unspecified atom stereocenters. The second-order valence-corrected chi connectivity index (χ2v) is 13.1. The zero-order valence-electron chi connectivity index (χ0n) is 24.6. The minimum absolute atomic E-state index is 0.227. The number of piperidine rings is 1. The molecule has 2 aliphatic rings. The number of alkyl halides is 3. The number of nitrogens with zero attached hydrogens (tertiary/aromatic N) is 3. The number of nitrogens with two attached hydrogens (primary N) is 1. The Morgan fingerprint density at radius 3 is 2.20 bits per heavy atom. The van der Waals surface area contributed by atoms with E-state index in [9.17, 15) is 13.2 Å². The van der Waals surface area contributed by atoms with Crippen LogP contribution in [0.4, 0.5) is 13.2 Å². The minimum Gasteiger partial charge on any atom is -0.406 e. The monoisotopic (exact) mass is 644 g/mol. The van der Waals surface area contributed by atoms with Gasteiger partial charge in [0.25, 0.3) is 0 Å². The summed E-state index contributed by atoms with van der Waals surface area (Å²) >= 11 is 12.9. The first-order valence-electron chi connectivity index (χ1n) is 15.2. The van der Waals surface area contributed by atoms with Crippen molar-refractivity contribution in [2.24, 2.45) is 11.1 Å². The number of aryl methyl sites for hydroxylation is 1. The SMILES string of the molecule is NCCCn1cc(-c2ccc(OC(F)(F)F)cc2)c2cc(CN3CCC4(CCN(Cc5c(Cl)cccc5Cl)CC4)C3)ccc21. The molecule has 0 amide bonds. The normalized spacial score (nSPS) is 17.6.